The van der Waals surface area contributed by atoms with Gasteiger partial charge < -0.3 is 25.6 Å². The van der Waals surface area contributed by atoms with Gasteiger partial charge in [-0.2, -0.15) is 4.99 Å². The summed E-state index contributed by atoms with van der Waals surface area (Å²) in [5, 5.41) is 10.1. The standard InChI is InChI=1S/C26H37ClF2N6O/c1-26(2)13-17(11-18-5-4-10-35(18)26)31-24-21(29)15-34(3)25(33-24)32-16-6-7-22(19(27)12-16)36-23-8-9-30-14-20(23)28/h6-7,12,17-18,20,23,30-31H,4-5,8-11,13-15H2,1-3H3,(H,32,33)/t17-,18+,20+,23+/m1/s1. The SMILES string of the molecule is CN1CC(F)=C(N[C@@H]2C[C@@H]3CCCN3C(C)(C)C2)N=C1Nc1ccc(O[C@H]2CCNC[C@@H]2F)c(Cl)c1. The molecule has 0 spiro atoms. The summed E-state index contributed by atoms with van der Waals surface area (Å²) in [5.41, 5.74) is 0.781. The number of rotatable bonds is 5. The topological polar surface area (TPSA) is 64.2 Å². The highest BCUT2D eigenvalue weighted by atomic mass is 35.5. The second kappa shape index (κ2) is 10.3. The lowest BCUT2D eigenvalue weighted by atomic mass is 9.84. The number of nitrogens with zero attached hydrogens (tertiary/aromatic N) is 3. The van der Waals surface area contributed by atoms with E-state index in [2.05, 4.69) is 39.7 Å². The predicted octanol–water partition coefficient (Wildman–Crippen LogP) is 4.27. The summed E-state index contributed by atoms with van der Waals surface area (Å²) < 4.78 is 34.9. The summed E-state index contributed by atoms with van der Waals surface area (Å²) in [6, 6.07) is 5.99. The van der Waals surface area contributed by atoms with Crippen LogP contribution in [0, 0.1) is 0 Å². The summed E-state index contributed by atoms with van der Waals surface area (Å²) in [4.78, 5) is 8.94. The van der Waals surface area contributed by atoms with Crippen molar-refractivity contribution >= 4 is 23.2 Å². The van der Waals surface area contributed by atoms with E-state index >= 15 is 0 Å². The third-order valence-electron chi connectivity index (χ3n) is 7.82. The number of piperidine rings is 2. The Labute approximate surface area is 217 Å². The zero-order valence-corrected chi connectivity index (χ0v) is 22.0. The van der Waals surface area contributed by atoms with E-state index in [4.69, 9.17) is 16.3 Å². The van der Waals surface area contributed by atoms with E-state index in [0.717, 1.165) is 19.4 Å². The Morgan fingerprint density at radius 1 is 1.28 bits per heavy atom. The molecule has 1 aromatic carbocycles. The van der Waals surface area contributed by atoms with E-state index in [0.29, 0.717) is 47.2 Å². The lowest BCUT2D eigenvalue weighted by molar-refractivity contribution is 0.0397. The van der Waals surface area contributed by atoms with Crippen molar-refractivity contribution in [1.29, 1.82) is 0 Å². The van der Waals surface area contributed by atoms with Gasteiger partial charge in [0, 0.05) is 36.9 Å². The minimum absolute atomic E-state index is 0.0846. The van der Waals surface area contributed by atoms with Crippen LogP contribution in [-0.4, -0.2) is 78.9 Å². The van der Waals surface area contributed by atoms with E-state index in [9.17, 15) is 8.78 Å². The molecule has 3 fully saturated rings. The van der Waals surface area contributed by atoms with Crippen LogP contribution >= 0.6 is 11.6 Å². The third kappa shape index (κ3) is 5.43. The minimum Gasteiger partial charge on any atom is -0.486 e. The number of nitrogens with one attached hydrogen (secondary N) is 3. The molecule has 3 N–H and O–H groups in total. The maximum absolute atomic E-state index is 15.0. The molecule has 4 atom stereocenters. The van der Waals surface area contributed by atoms with Crippen molar-refractivity contribution in [2.75, 3.05) is 38.5 Å². The largest absolute Gasteiger partial charge is 0.486 e. The van der Waals surface area contributed by atoms with E-state index in [-0.39, 0.29) is 30.5 Å². The molecule has 0 aliphatic carbocycles. The molecule has 4 heterocycles. The van der Waals surface area contributed by atoms with Crippen molar-refractivity contribution in [2.45, 2.75) is 75.8 Å². The average molecular weight is 523 g/mol. The van der Waals surface area contributed by atoms with Crippen molar-refractivity contribution in [2.24, 2.45) is 4.99 Å². The first-order valence-electron chi connectivity index (χ1n) is 13.0. The number of benzene rings is 1. The molecule has 0 unspecified atom stereocenters. The molecular weight excluding hydrogens is 486 g/mol. The van der Waals surface area contributed by atoms with E-state index < -0.39 is 12.3 Å². The molecule has 198 valence electrons. The van der Waals surface area contributed by atoms with Crippen LogP contribution in [0.15, 0.2) is 34.8 Å². The Morgan fingerprint density at radius 2 is 2.11 bits per heavy atom. The monoisotopic (exact) mass is 522 g/mol. The summed E-state index contributed by atoms with van der Waals surface area (Å²) in [5.74, 6) is 1.02. The fourth-order valence-electron chi connectivity index (χ4n) is 6.05. The van der Waals surface area contributed by atoms with Crippen LogP contribution in [0.1, 0.15) is 46.0 Å². The highest BCUT2D eigenvalue weighted by Gasteiger charge is 2.43. The van der Waals surface area contributed by atoms with Crippen molar-refractivity contribution < 1.29 is 13.5 Å². The van der Waals surface area contributed by atoms with Gasteiger partial charge in [0.2, 0.25) is 5.96 Å². The van der Waals surface area contributed by atoms with Crippen LogP contribution in [0.2, 0.25) is 5.02 Å². The fraction of sp³-hybridized carbons (Fsp3) is 0.654. The average Bonchev–Trinajstić information content (AvgIpc) is 3.30. The molecule has 4 aliphatic heterocycles. The summed E-state index contributed by atoms with van der Waals surface area (Å²) >= 11 is 6.46. The van der Waals surface area contributed by atoms with E-state index in [1.165, 1.54) is 12.8 Å². The normalized spacial score (nSPS) is 30.6. The Balaban J connectivity index is 1.26. The number of guanidine groups is 1. The minimum atomic E-state index is -1.07. The van der Waals surface area contributed by atoms with Crippen LogP contribution < -0.4 is 20.7 Å². The molecule has 4 aliphatic rings. The lowest BCUT2D eigenvalue weighted by Crippen LogP contribution is -2.56. The van der Waals surface area contributed by atoms with Gasteiger partial charge >= 0.3 is 0 Å². The smallest absolute Gasteiger partial charge is 0.205 e. The quantitative estimate of drug-likeness (QED) is 0.537. The number of hydrogen-bond acceptors (Lipinski definition) is 7. The Morgan fingerprint density at radius 3 is 2.89 bits per heavy atom. The number of hydrogen-bond donors (Lipinski definition) is 3. The molecule has 7 nitrogen and oxygen atoms in total. The van der Waals surface area contributed by atoms with Crippen LogP contribution in [-0.2, 0) is 0 Å². The maximum atomic E-state index is 15.0. The number of anilines is 1. The number of alkyl halides is 1. The van der Waals surface area contributed by atoms with E-state index in [1.807, 2.05) is 6.07 Å². The molecule has 10 heteroatoms. The molecule has 3 saturated heterocycles. The zero-order chi connectivity index (χ0) is 25.4. The van der Waals surface area contributed by atoms with Gasteiger partial charge in [-0.1, -0.05) is 11.6 Å². The van der Waals surface area contributed by atoms with Crippen LogP contribution in [0.3, 0.4) is 0 Å². The molecule has 36 heavy (non-hydrogen) atoms. The van der Waals surface area contributed by atoms with Gasteiger partial charge in [-0.05, 0) is 77.2 Å². The first kappa shape index (κ1) is 25.5. The first-order valence-corrected chi connectivity index (χ1v) is 13.4. The summed E-state index contributed by atoms with van der Waals surface area (Å²) in [6.07, 6.45) is 3.38. The van der Waals surface area contributed by atoms with Crippen LogP contribution in [0.4, 0.5) is 14.5 Å². The first-order chi connectivity index (χ1) is 17.2. The second-order valence-corrected chi connectivity index (χ2v) is 11.5. The molecule has 5 rings (SSSR count). The van der Waals surface area contributed by atoms with Crippen molar-refractivity contribution in [3.05, 3.63) is 34.9 Å². The number of aliphatic imine (C=N–C) groups is 1. The van der Waals surface area contributed by atoms with Gasteiger partial charge in [-0.25, -0.2) is 8.78 Å². The summed E-state index contributed by atoms with van der Waals surface area (Å²) in [6.45, 7) is 6.84. The molecule has 0 radical (unpaired) electrons. The molecule has 0 saturated carbocycles. The van der Waals surface area contributed by atoms with Gasteiger partial charge in [-0.15, -0.1) is 0 Å². The third-order valence-corrected chi connectivity index (χ3v) is 8.12. The van der Waals surface area contributed by atoms with Crippen LogP contribution in [0.25, 0.3) is 0 Å². The molecular formula is C26H37ClF2N6O. The van der Waals surface area contributed by atoms with Gasteiger partial charge in [0.15, 0.2) is 11.6 Å². The van der Waals surface area contributed by atoms with E-state index in [1.54, 1.807) is 24.1 Å². The fourth-order valence-corrected chi connectivity index (χ4v) is 6.28. The van der Waals surface area contributed by atoms with Crippen LogP contribution in [0.5, 0.6) is 5.75 Å². The number of halogens is 3. The number of ether oxygens (including phenoxy) is 1. The number of fused-ring (bicyclic) bond motifs is 1. The predicted molar refractivity (Wildman–Crippen MR) is 140 cm³/mol. The number of likely N-dealkylation sites (N-methyl/N-ethyl adjacent to an activating group) is 1. The van der Waals surface area contributed by atoms with Gasteiger partial charge in [-0.3, -0.25) is 4.90 Å². The van der Waals surface area contributed by atoms with Gasteiger partial charge in [0.1, 0.15) is 18.0 Å². The molecule has 1 aromatic rings. The highest BCUT2D eigenvalue weighted by Crippen LogP contribution is 2.38. The van der Waals surface area contributed by atoms with Crippen molar-refractivity contribution in [3.8, 4) is 5.75 Å². The molecule has 0 amide bonds. The Bertz CT molecular complexity index is 1030. The highest BCUT2D eigenvalue weighted by molar-refractivity contribution is 6.32. The second-order valence-electron chi connectivity index (χ2n) is 11.1. The van der Waals surface area contributed by atoms with Gasteiger partial charge in [0.25, 0.3) is 0 Å². The Kier molecular flexibility index (Phi) is 7.34. The summed E-state index contributed by atoms with van der Waals surface area (Å²) in [7, 11) is 1.79. The molecule has 0 aromatic heterocycles. The molecule has 0 bridgehead atoms. The zero-order valence-electron chi connectivity index (χ0n) is 21.3. The Hall–Kier alpha value is -2.10. The van der Waals surface area contributed by atoms with Crippen molar-refractivity contribution in [1.82, 2.24) is 20.4 Å². The van der Waals surface area contributed by atoms with Crippen molar-refractivity contribution in [3.63, 3.8) is 0 Å². The van der Waals surface area contributed by atoms with Gasteiger partial charge in [0.05, 0.1) is 11.6 Å². The lowest BCUT2D eigenvalue weighted by Gasteiger charge is -2.48. The maximum Gasteiger partial charge on any atom is 0.205 e.